The molecule has 0 radical (unpaired) electrons. The molecule has 2 heteroatoms. The predicted octanol–water partition coefficient (Wildman–Crippen LogP) is 4.24. The van der Waals surface area contributed by atoms with E-state index in [9.17, 15) is 0 Å². The number of rotatable bonds is 8. The molecule has 2 aliphatic carbocycles. The van der Waals surface area contributed by atoms with E-state index >= 15 is 0 Å². The molecule has 1 N–H and O–H groups in total. The smallest absolute Gasteiger partial charge is 0.0636 e. The molecule has 0 heterocycles. The van der Waals surface area contributed by atoms with E-state index in [1.54, 1.807) is 0 Å². The van der Waals surface area contributed by atoms with Crippen molar-refractivity contribution in [3.63, 3.8) is 0 Å². The third-order valence-electron chi connectivity index (χ3n) is 6.33. The van der Waals surface area contributed by atoms with Crippen LogP contribution in [-0.2, 0) is 4.74 Å². The number of nitrogens with one attached hydrogen (secondary N) is 1. The fraction of sp³-hybridized carbons (Fsp3) is 1.00. The van der Waals surface area contributed by atoms with Gasteiger partial charge in [-0.1, -0.05) is 34.6 Å². The maximum Gasteiger partial charge on any atom is 0.0636 e. The molecule has 2 rings (SSSR count). The summed E-state index contributed by atoms with van der Waals surface area (Å²) in [6.07, 6.45) is 7.04. The Labute approximate surface area is 126 Å². The molecule has 118 valence electrons. The second-order valence-corrected chi connectivity index (χ2v) is 8.27. The van der Waals surface area contributed by atoms with Crippen LogP contribution < -0.4 is 5.32 Å². The lowest BCUT2D eigenvalue weighted by Crippen LogP contribution is -2.37. The maximum atomic E-state index is 6.28. The van der Waals surface area contributed by atoms with Crippen molar-refractivity contribution in [3.05, 3.63) is 0 Å². The molecular weight excluding hydrogens is 246 g/mol. The molecule has 0 amide bonds. The Kier molecular flexibility index (Phi) is 5.18. The van der Waals surface area contributed by atoms with Gasteiger partial charge in [-0.3, -0.25) is 0 Å². The molecule has 3 atom stereocenters. The number of hydrogen-bond acceptors (Lipinski definition) is 2. The van der Waals surface area contributed by atoms with Crippen LogP contribution in [0.1, 0.15) is 66.7 Å². The summed E-state index contributed by atoms with van der Waals surface area (Å²) in [6.45, 7) is 15.1. The van der Waals surface area contributed by atoms with E-state index in [0.29, 0.717) is 16.9 Å². The van der Waals surface area contributed by atoms with Crippen molar-refractivity contribution in [2.45, 2.75) is 72.8 Å². The lowest BCUT2D eigenvalue weighted by molar-refractivity contribution is -0.0474. The molecular formula is C18H35NO. The van der Waals surface area contributed by atoms with E-state index in [4.69, 9.17) is 4.74 Å². The third-order valence-corrected chi connectivity index (χ3v) is 6.33. The van der Waals surface area contributed by atoms with Crippen molar-refractivity contribution in [2.75, 3.05) is 19.7 Å². The highest BCUT2D eigenvalue weighted by Crippen LogP contribution is 2.66. The summed E-state index contributed by atoms with van der Waals surface area (Å²) in [7, 11) is 0. The first-order valence-corrected chi connectivity index (χ1v) is 8.70. The van der Waals surface area contributed by atoms with Crippen LogP contribution in [-0.4, -0.2) is 25.8 Å². The minimum atomic E-state index is 0.424. The fourth-order valence-corrected chi connectivity index (χ4v) is 4.35. The van der Waals surface area contributed by atoms with E-state index in [1.165, 1.54) is 32.1 Å². The first-order valence-electron chi connectivity index (χ1n) is 8.70. The molecule has 0 aliphatic heterocycles. The Balaban J connectivity index is 1.62. The zero-order chi connectivity index (χ0) is 14.8. The van der Waals surface area contributed by atoms with Crippen molar-refractivity contribution in [1.29, 1.82) is 0 Å². The summed E-state index contributed by atoms with van der Waals surface area (Å²) in [4.78, 5) is 0. The summed E-state index contributed by atoms with van der Waals surface area (Å²) in [5, 5.41) is 3.51. The number of ether oxygens (including phenoxy) is 1. The third kappa shape index (κ3) is 3.06. The van der Waals surface area contributed by atoms with Crippen molar-refractivity contribution in [3.8, 4) is 0 Å². The van der Waals surface area contributed by atoms with Crippen molar-refractivity contribution < 1.29 is 4.74 Å². The second kappa shape index (κ2) is 6.36. The molecule has 0 aromatic heterocycles. The largest absolute Gasteiger partial charge is 0.378 e. The van der Waals surface area contributed by atoms with Gasteiger partial charge in [0.15, 0.2) is 0 Å². The molecule has 2 saturated carbocycles. The molecule has 0 spiro atoms. The number of hydrogen-bond donors (Lipinski definition) is 1. The van der Waals surface area contributed by atoms with Gasteiger partial charge in [-0.15, -0.1) is 0 Å². The maximum absolute atomic E-state index is 6.28. The van der Waals surface area contributed by atoms with Gasteiger partial charge in [0.05, 0.1) is 6.10 Å². The van der Waals surface area contributed by atoms with E-state index in [0.717, 1.165) is 31.5 Å². The molecule has 0 aromatic carbocycles. The summed E-state index contributed by atoms with van der Waals surface area (Å²) >= 11 is 0. The van der Waals surface area contributed by atoms with Crippen LogP contribution in [0.3, 0.4) is 0 Å². The topological polar surface area (TPSA) is 21.3 Å². The summed E-state index contributed by atoms with van der Waals surface area (Å²) in [6, 6.07) is 0. The standard InChI is InChI=1S/C18H35NO/c1-14(2)13-19-10-6-7-11-20-16-12-15-8-9-18(16,5)17(15,3)4/h14-16,19H,6-13H2,1-5H3. The minimum Gasteiger partial charge on any atom is -0.378 e. The van der Waals surface area contributed by atoms with Crippen molar-refractivity contribution in [1.82, 2.24) is 5.32 Å². The lowest BCUT2D eigenvalue weighted by atomic mass is 9.70. The van der Waals surface area contributed by atoms with Gasteiger partial charge in [0.25, 0.3) is 0 Å². The van der Waals surface area contributed by atoms with Crippen molar-refractivity contribution >= 4 is 0 Å². The average molecular weight is 281 g/mol. The molecule has 0 aromatic rings. The molecule has 2 aliphatic rings. The predicted molar refractivity (Wildman–Crippen MR) is 85.9 cm³/mol. The zero-order valence-corrected chi connectivity index (χ0v) is 14.3. The molecule has 3 unspecified atom stereocenters. The van der Waals surface area contributed by atoms with Crippen molar-refractivity contribution in [2.24, 2.45) is 22.7 Å². The number of fused-ring (bicyclic) bond motifs is 2. The van der Waals surface area contributed by atoms with E-state index in [-0.39, 0.29) is 0 Å². The van der Waals surface area contributed by atoms with Gasteiger partial charge in [0.2, 0.25) is 0 Å². The first-order chi connectivity index (χ1) is 9.38. The van der Waals surface area contributed by atoms with Gasteiger partial charge >= 0.3 is 0 Å². The SMILES string of the molecule is CC(C)CNCCCCOC1CC2CCC1(C)C2(C)C. The quantitative estimate of drug-likeness (QED) is 0.672. The van der Waals surface area contributed by atoms with Crippen LogP contribution in [0, 0.1) is 22.7 Å². The highest BCUT2D eigenvalue weighted by Gasteiger charge is 2.61. The van der Waals surface area contributed by atoms with Gasteiger partial charge in [0, 0.05) is 6.61 Å². The average Bonchev–Trinajstić information content (AvgIpc) is 2.70. The van der Waals surface area contributed by atoms with E-state index in [2.05, 4.69) is 39.9 Å². The lowest BCUT2D eigenvalue weighted by Gasteiger charge is -2.39. The van der Waals surface area contributed by atoms with E-state index < -0.39 is 0 Å². The number of unbranched alkanes of at least 4 members (excludes halogenated alkanes) is 1. The van der Waals surface area contributed by atoms with Crippen LogP contribution in [0.25, 0.3) is 0 Å². The minimum absolute atomic E-state index is 0.424. The Morgan fingerprint density at radius 2 is 1.95 bits per heavy atom. The molecule has 2 nitrogen and oxygen atoms in total. The second-order valence-electron chi connectivity index (χ2n) is 8.27. The summed E-state index contributed by atoms with van der Waals surface area (Å²) in [5.41, 5.74) is 0.907. The molecule has 0 saturated heterocycles. The zero-order valence-electron chi connectivity index (χ0n) is 14.3. The Morgan fingerprint density at radius 3 is 2.50 bits per heavy atom. The van der Waals surface area contributed by atoms with Gasteiger partial charge in [0.1, 0.15) is 0 Å². The Bertz CT molecular complexity index is 313. The van der Waals surface area contributed by atoms with Crippen LogP contribution in [0.4, 0.5) is 0 Å². The monoisotopic (exact) mass is 281 g/mol. The molecule has 2 fully saturated rings. The van der Waals surface area contributed by atoms with Crippen LogP contribution >= 0.6 is 0 Å². The van der Waals surface area contributed by atoms with Gasteiger partial charge in [-0.2, -0.15) is 0 Å². The van der Waals surface area contributed by atoms with Crippen LogP contribution in [0.2, 0.25) is 0 Å². The summed E-state index contributed by atoms with van der Waals surface area (Å²) < 4.78 is 6.28. The van der Waals surface area contributed by atoms with Gasteiger partial charge < -0.3 is 10.1 Å². The fourth-order valence-electron chi connectivity index (χ4n) is 4.35. The summed E-state index contributed by atoms with van der Waals surface area (Å²) in [5.74, 6) is 1.65. The Hall–Kier alpha value is -0.0800. The Morgan fingerprint density at radius 1 is 1.20 bits per heavy atom. The highest BCUT2D eigenvalue weighted by molar-refractivity contribution is 5.11. The van der Waals surface area contributed by atoms with E-state index in [1.807, 2.05) is 0 Å². The van der Waals surface area contributed by atoms with Gasteiger partial charge in [-0.05, 0) is 67.9 Å². The normalized spacial score (nSPS) is 35.1. The molecule has 2 bridgehead atoms. The molecule has 20 heavy (non-hydrogen) atoms. The van der Waals surface area contributed by atoms with Crippen LogP contribution in [0.5, 0.6) is 0 Å². The van der Waals surface area contributed by atoms with Gasteiger partial charge in [-0.25, -0.2) is 0 Å². The van der Waals surface area contributed by atoms with Crippen LogP contribution in [0.15, 0.2) is 0 Å². The first kappa shape index (κ1) is 16.3. The highest BCUT2D eigenvalue weighted by atomic mass is 16.5.